The fourth-order valence-electron chi connectivity index (χ4n) is 1.55. The first-order chi connectivity index (χ1) is 8.72. The van der Waals surface area contributed by atoms with E-state index < -0.39 is 0 Å². The van der Waals surface area contributed by atoms with E-state index in [1.165, 1.54) is 12.0 Å². The SMILES string of the molecule is CCC(Nc1nc(N)nc(OC)n1)c1cccs1. The van der Waals surface area contributed by atoms with Gasteiger partial charge in [-0.1, -0.05) is 13.0 Å². The molecule has 0 spiro atoms. The molecule has 0 amide bonds. The summed E-state index contributed by atoms with van der Waals surface area (Å²) < 4.78 is 4.96. The van der Waals surface area contributed by atoms with Gasteiger partial charge < -0.3 is 15.8 Å². The average molecular weight is 265 g/mol. The zero-order valence-corrected chi connectivity index (χ0v) is 11.1. The molecule has 0 saturated heterocycles. The molecule has 3 N–H and O–H groups in total. The summed E-state index contributed by atoms with van der Waals surface area (Å²) in [4.78, 5) is 13.2. The second-order valence-corrected chi connectivity index (χ2v) is 4.60. The molecule has 0 saturated carbocycles. The predicted octanol–water partition coefficient (Wildman–Crippen LogP) is 2.09. The maximum absolute atomic E-state index is 5.59. The number of thiophene rings is 1. The second-order valence-electron chi connectivity index (χ2n) is 3.62. The predicted molar refractivity (Wildman–Crippen MR) is 71.8 cm³/mol. The van der Waals surface area contributed by atoms with Crippen molar-refractivity contribution in [3.8, 4) is 6.01 Å². The fraction of sp³-hybridized carbons (Fsp3) is 0.364. The van der Waals surface area contributed by atoms with Crippen molar-refractivity contribution in [3.05, 3.63) is 22.4 Å². The molecule has 1 atom stereocenters. The van der Waals surface area contributed by atoms with Gasteiger partial charge in [0.15, 0.2) is 0 Å². The lowest BCUT2D eigenvalue weighted by atomic mass is 10.2. The summed E-state index contributed by atoms with van der Waals surface area (Å²) in [6.07, 6.45) is 0.925. The van der Waals surface area contributed by atoms with Crippen molar-refractivity contribution in [2.75, 3.05) is 18.2 Å². The molecule has 0 aliphatic carbocycles. The number of hydrogen-bond acceptors (Lipinski definition) is 7. The van der Waals surface area contributed by atoms with Crippen LogP contribution in [0, 0.1) is 0 Å². The standard InChI is InChI=1S/C11H15N5OS/c1-3-7(8-5-4-6-18-8)13-10-14-9(12)15-11(16-10)17-2/h4-7H,3H2,1-2H3,(H3,12,13,14,15,16). The summed E-state index contributed by atoms with van der Waals surface area (Å²) in [5.74, 6) is 0.574. The first kappa shape index (κ1) is 12.6. The highest BCUT2D eigenvalue weighted by molar-refractivity contribution is 7.10. The van der Waals surface area contributed by atoms with Gasteiger partial charge in [-0.2, -0.15) is 15.0 Å². The van der Waals surface area contributed by atoms with Crippen LogP contribution in [0.25, 0.3) is 0 Å². The summed E-state index contributed by atoms with van der Waals surface area (Å²) in [5.41, 5.74) is 5.59. The van der Waals surface area contributed by atoms with Gasteiger partial charge in [0, 0.05) is 4.88 Å². The zero-order chi connectivity index (χ0) is 13.0. The number of anilines is 2. The van der Waals surface area contributed by atoms with Crippen LogP contribution in [0.5, 0.6) is 6.01 Å². The number of aromatic nitrogens is 3. The van der Waals surface area contributed by atoms with Gasteiger partial charge in [-0.15, -0.1) is 11.3 Å². The molecule has 7 heteroatoms. The Morgan fingerprint density at radius 2 is 2.28 bits per heavy atom. The summed E-state index contributed by atoms with van der Waals surface area (Å²) in [5, 5.41) is 5.28. The highest BCUT2D eigenvalue weighted by Gasteiger charge is 2.13. The Balaban J connectivity index is 2.19. The quantitative estimate of drug-likeness (QED) is 0.861. The van der Waals surface area contributed by atoms with Crippen molar-refractivity contribution in [2.24, 2.45) is 0 Å². The molecule has 18 heavy (non-hydrogen) atoms. The molecule has 96 valence electrons. The molecule has 0 aliphatic rings. The van der Waals surface area contributed by atoms with Crippen LogP contribution in [0.2, 0.25) is 0 Å². The molecule has 0 radical (unpaired) electrons. The van der Waals surface area contributed by atoms with E-state index in [2.05, 4.69) is 33.3 Å². The molecule has 2 aromatic rings. The van der Waals surface area contributed by atoms with E-state index in [1.54, 1.807) is 11.3 Å². The lowest BCUT2D eigenvalue weighted by Gasteiger charge is -2.15. The van der Waals surface area contributed by atoms with Gasteiger partial charge in [0.2, 0.25) is 11.9 Å². The lowest BCUT2D eigenvalue weighted by Crippen LogP contribution is -2.13. The Morgan fingerprint density at radius 3 is 2.89 bits per heavy atom. The van der Waals surface area contributed by atoms with Crippen molar-refractivity contribution in [2.45, 2.75) is 19.4 Å². The van der Waals surface area contributed by atoms with Crippen LogP contribution in [0.1, 0.15) is 24.3 Å². The first-order valence-corrected chi connectivity index (χ1v) is 6.46. The van der Waals surface area contributed by atoms with Crippen LogP contribution < -0.4 is 15.8 Å². The number of nitrogens with two attached hydrogens (primary N) is 1. The van der Waals surface area contributed by atoms with Gasteiger partial charge in [0.1, 0.15) is 0 Å². The molecule has 0 aromatic carbocycles. The minimum Gasteiger partial charge on any atom is -0.467 e. The van der Waals surface area contributed by atoms with E-state index in [4.69, 9.17) is 10.5 Å². The van der Waals surface area contributed by atoms with E-state index >= 15 is 0 Å². The number of methoxy groups -OCH3 is 1. The summed E-state index contributed by atoms with van der Waals surface area (Å²) in [6, 6.07) is 4.47. The van der Waals surface area contributed by atoms with Crippen LogP contribution in [0.3, 0.4) is 0 Å². The van der Waals surface area contributed by atoms with E-state index in [9.17, 15) is 0 Å². The second kappa shape index (κ2) is 5.63. The molecule has 0 aliphatic heterocycles. The van der Waals surface area contributed by atoms with Gasteiger partial charge in [-0.25, -0.2) is 0 Å². The van der Waals surface area contributed by atoms with Crippen LogP contribution in [0.15, 0.2) is 17.5 Å². The number of ether oxygens (including phenoxy) is 1. The van der Waals surface area contributed by atoms with Crippen molar-refractivity contribution in [1.29, 1.82) is 0 Å². The summed E-state index contributed by atoms with van der Waals surface area (Å²) in [6.45, 7) is 2.10. The summed E-state index contributed by atoms with van der Waals surface area (Å²) >= 11 is 1.69. The monoisotopic (exact) mass is 265 g/mol. The third-order valence-corrected chi connectivity index (χ3v) is 3.40. The number of nitrogen functional groups attached to an aromatic ring is 1. The van der Waals surface area contributed by atoms with Crippen LogP contribution in [-0.4, -0.2) is 22.1 Å². The molecule has 2 rings (SSSR count). The molecule has 6 nitrogen and oxygen atoms in total. The molecule has 2 heterocycles. The van der Waals surface area contributed by atoms with Gasteiger partial charge in [-0.3, -0.25) is 0 Å². The third kappa shape index (κ3) is 2.86. The average Bonchev–Trinajstić information content (AvgIpc) is 2.89. The van der Waals surface area contributed by atoms with Crippen molar-refractivity contribution < 1.29 is 4.74 Å². The molecular formula is C11H15N5OS. The highest BCUT2D eigenvalue weighted by Crippen LogP contribution is 2.25. The Bertz CT molecular complexity index is 502. The van der Waals surface area contributed by atoms with Gasteiger partial charge in [-0.05, 0) is 17.9 Å². The Labute approximate surface area is 109 Å². The third-order valence-electron chi connectivity index (χ3n) is 2.41. The largest absolute Gasteiger partial charge is 0.467 e. The number of rotatable bonds is 5. The lowest BCUT2D eigenvalue weighted by molar-refractivity contribution is 0.379. The number of nitrogens with zero attached hydrogens (tertiary/aromatic N) is 3. The maximum Gasteiger partial charge on any atom is 0.322 e. The Morgan fingerprint density at radius 1 is 1.44 bits per heavy atom. The van der Waals surface area contributed by atoms with Gasteiger partial charge >= 0.3 is 6.01 Å². The zero-order valence-electron chi connectivity index (χ0n) is 10.3. The molecule has 0 fully saturated rings. The van der Waals surface area contributed by atoms with Gasteiger partial charge in [0.25, 0.3) is 0 Å². The van der Waals surface area contributed by atoms with Crippen molar-refractivity contribution in [3.63, 3.8) is 0 Å². The topological polar surface area (TPSA) is 86.0 Å². The van der Waals surface area contributed by atoms with E-state index in [1.807, 2.05) is 11.4 Å². The smallest absolute Gasteiger partial charge is 0.322 e. The Kier molecular flexibility index (Phi) is 3.93. The Hall–Kier alpha value is -1.89. The fourth-order valence-corrected chi connectivity index (χ4v) is 2.41. The van der Waals surface area contributed by atoms with E-state index in [-0.39, 0.29) is 18.0 Å². The van der Waals surface area contributed by atoms with E-state index in [0.717, 1.165) is 6.42 Å². The minimum atomic E-state index is 0.144. The summed E-state index contributed by atoms with van der Waals surface area (Å²) in [7, 11) is 1.50. The van der Waals surface area contributed by atoms with Crippen LogP contribution >= 0.6 is 11.3 Å². The minimum absolute atomic E-state index is 0.144. The van der Waals surface area contributed by atoms with Gasteiger partial charge in [0.05, 0.1) is 13.2 Å². The molecule has 0 bridgehead atoms. The number of nitrogens with one attached hydrogen (secondary N) is 1. The molecule has 1 unspecified atom stereocenters. The highest BCUT2D eigenvalue weighted by atomic mass is 32.1. The van der Waals surface area contributed by atoms with Crippen LogP contribution in [-0.2, 0) is 0 Å². The van der Waals surface area contributed by atoms with E-state index in [0.29, 0.717) is 5.95 Å². The molecular weight excluding hydrogens is 250 g/mol. The van der Waals surface area contributed by atoms with Crippen molar-refractivity contribution in [1.82, 2.24) is 15.0 Å². The first-order valence-electron chi connectivity index (χ1n) is 5.58. The number of hydrogen-bond donors (Lipinski definition) is 2. The maximum atomic E-state index is 5.59. The van der Waals surface area contributed by atoms with Crippen LogP contribution in [0.4, 0.5) is 11.9 Å². The van der Waals surface area contributed by atoms with Crippen molar-refractivity contribution >= 4 is 23.2 Å². The molecule has 2 aromatic heterocycles. The normalized spacial score (nSPS) is 12.1.